The second-order valence-corrected chi connectivity index (χ2v) is 6.85. The number of rotatable bonds is 5. The van der Waals surface area contributed by atoms with Gasteiger partial charge in [-0.05, 0) is 17.8 Å². The normalized spacial score (nSPS) is 21.9. The van der Waals surface area contributed by atoms with Gasteiger partial charge in [-0.3, -0.25) is 9.59 Å². The van der Waals surface area contributed by atoms with Crippen LogP contribution in [0.25, 0.3) is 0 Å². The van der Waals surface area contributed by atoms with E-state index < -0.39 is 35.0 Å². The first-order valence-electron chi connectivity index (χ1n) is 8.71. The van der Waals surface area contributed by atoms with Crippen LogP contribution in [0.2, 0.25) is 0 Å². The molecule has 0 aromatic heterocycles. The maximum absolute atomic E-state index is 13.6. The van der Waals surface area contributed by atoms with Gasteiger partial charge < -0.3 is 15.4 Å². The van der Waals surface area contributed by atoms with E-state index in [4.69, 9.17) is 17.0 Å². The summed E-state index contributed by atoms with van der Waals surface area (Å²) < 4.78 is 4.97. The zero-order chi connectivity index (χ0) is 21.0. The first-order valence-corrected chi connectivity index (χ1v) is 9.11. The molecule has 8 heteroatoms. The van der Waals surface area contributed by atoms with Gasteiger partial charge in [-0.25, -0.2) is 4.79 Å². The van der Waals surface area contributed by atoms with E-state index in [-0.39, 0.29) is 5.11 Å². The molecular weight excluding hydrogens is 390 g/mol. The molecule has 3 atom stereocenters. The summed E-state index contributed by atoms with van der Waals surface area (Å²) in [7, 11) is 1.13. The fourth-order valence-corrected chi connectivity index (χ4v) is 3.84. The number of ether oxygens (including phenoxy) is 1. The third kappa shape index (κ3) is 3.48. The fraction of sp³-hybridized carbons (Fsp3) is 0.190. The van der Waals surface area contributed by atoms with Crippen LogP contribution in [0.3, 0.4) is 0 Å². The summed E-state index contributed by atoms with van der Waals surface area (Å²) >= 11 is 5.10. The standard InChI is InChI=1S/C21H17N3O4S/c1-28-19(27)21(15(12-22)18(26)23-20(29)24-21)16(13-8-4-2-5-9-13)17(25)14-10-6-3-7-11-14/h2-11,15-16H,1H3,(H2,23,24,26,29)/t15-,16+,21+/m1/s1. The van der Waals surface area contributed by atoms with E-state index in [2.05, 4.69) is 10.6 Å². The fourth-order valence-electron chi connectivity index (χ4n) is 3.57. The number of nitrogens with one attached hydrogen (secondary N) is 2. The molecule has 1 saturated heterocycles. The maximum atomic E-state index is 13.6. The van der Waals surface area contributed by atoms with Crippen molar-refractivity contribution in [3.8, 4) is 6.07 Å². The number of nitriles is 1. The number of methoxy groups -OCH3 is 1. The molecule has 0 spiro atoms. The summed E-state index contributed by atoms with van der Waals surface area (Å²) in [5.74, 6) is -4.96. The predicted molar refractivity (Wildman–Crippen MR) is 108 cm³/mol. The Balaban J connectivity index is 2.31. The van der Waals surface area contributed by atoms with Crippen molar-refractivity contribution in [3.05, 3.63) is 71.8 Å². The molecule has 0 unspecified atom stereocenters. The monoisotopic (exact) mass is 407 g/mol. The first kappa shape index (κ1) is 20.2. The quantitative estimate of drug-likeness (QED) is 0.441. The van der Waals surface area contributed by atoms with Gasteiger partial charge in [0.25, 0.3) is 0 Å². The number of hydrogen-bond acceptors (Lipinski definition) is 6. The third-order valence-corrected chi connectivity index (χ3v) is 5.04. The van der Waals surface area contributed by atoms with Crippen LogP contribution >= 0.6 is 12.2 Å². The van der Waals surface area contributed by atoms with E-state index in [1.165, 1.54) is 0 Å². The minimum Gasteiger partial charge on any atom is -0.467 e. The average Bonchev–Trinajstić information content (AvgIpc) is 2.74. The molecule has 1 heterocycles. The molecule has 29 heavy (non-hydrogen) atoms. The Morgan fingerprint density at radius 2 is 1.72 bits per heavy atom. The highest BCUT2D eigenvalue weighted by atomic mass is 32.1. The topological polar surface area (TPSA) is 108 Å². The number of carbonyl (C=O) groups excluding carboxylic acids is 3. The molecule has 0 bridgehead atoms. The van der Waals surface area contributed by atoms with E-state index in [0.29, 0.717) is 11.1 Å². The predicted octanol–water partition coefficient (Wildman–Crippen LogP) is 1.71. The van der Waals surface area contributed by atoms with Gasteiger partial charge in [-0.1, -0.05) is 60.7 Å². The molecular formula is C21H17N3O4S. The van der Waals surface area contributed by atoms with Crippen LogP contribution in [0.15, 0.2) is 60.7 Å². The molecule has 7 nitrogen and oxygen atoms in total. The van der Waals surface area contributed by atoms with Crippen molar-refractivity contribution in [2.45, 2.75) is 11.5 Å². The van der Waals surface area contributed by atoms with Crippen molar-refractivity contribution >= 4 is 35.0 Å². The Bertz CT molecular complexity index is 1000. The van der Waals surface area contributed by atoms with E-state index in [1.807, 2.05) is 6.07 Å². The SMILES string of the molecule is COC(=O)[C@]1([C@H](C(=O)c2ccccc2)c2ccccc2)NC(=S)NC(=O)[C@H]1C#N. The van der Waals surface area contributed by atoms with Crippen molar-refractivity contribution in [3.63, 3.8) is 0 Å². The van der Waals surface area contributed by atoms with E-state index >= 15 is 0 Å². The second kappa shape index (κ2) is 8.20. The van der Waals surface area contributed by atoms with Crippen molar-refractivity contribution in [1.82, 2.24) is 10.6 Å². The molecule has 0 aliphatic carbocycles. The molecule has 1 amide bonds. The van der Waals surface area contributed by atoms with Gasteiger partial charge >= 0.3 is 5.97 Å². The Hall–Kier alpha value is -3.57. The van der Waals surface area contributed by atoms with Crippen molar-refractivity contribution in [2.24, 2.45) is 5.92 Å². The molecule has 2 aromatic carbocycles. The zero-order valence-corrected chi connectivity index (χ0v) is 16.2. The molecule has 3 rings (SSSR count). The highest BCUT2D eigenvalue weighted by molar-refractivity contribution is 7.80. The minimum atomic E-state index is -2.03. The van der Waals surface area contributed by atoms with E-state index in [0.717, 1.165) is 7.11 Å². The Kier molecular flexibility index (Phi) is 5.71. The number of thiocarbonyl (C=S) groups is 1. The smallest absolute Gasteiger partial charge is 0.334 e. The molecule has 1 aliphatic rings. The van der Waals surface area contributed by atoms with Crippen molar-refractivity contribution in [1.29, 1.82) is 5.26 Å². The van der Waals surface area contributed by atoms with Crippen molar-refractivity contribution < 1.29 is 19.1 Å². The van der Waals surface area contributed by atoms with Crippen LogP contribution in [0.5, 0.6) is 0 Å². The number of Topliss-reactive ketones (excluding diaryl/α,β-unsaturated/α-hetero) is 1. The Morgan fingerprint density at radius 1 is 1.14 bits per heavy atom. The maximum Gasteiger partial charge on any atom is 0.334 e. The molecule has 0 saturated carbocycles. The number of nitrogens with zero attached hydrogens (tertiary/aromatic N) is 1. The highest BCUT2D eigenvalue weighted by Crippen LogP contribution is 2.39. The van der Waals surface area contributed by atoms with Gasteiger partial charge in [0.15, 0.2) is 22.4 Å². The Labute approximate surface area is 172 Å². The highest BCUT2D eigenvalue weighted by Gasteiger charge is 2.61. The van der Waals surface area contributed by atoms with E-state index in [1.54, 1.807) is 60.7 Å². The molecule has 146 valence electrons. The Morgan fingerprint density at radius 3 is 2.28 bits per heavy atom. The zero-order valence-electron chi connectivity index (χ0n) is 15.4. The van der Waals surface area contributed by atoms with Crippen LogP contribution < -0.4 is 10.6 Å². The van der Waals surface area contributed by atoms with Gasteiger partial charge in [0.1, 0.15) is 0 Å². The number of esters is 1. The van der Waals surface area contributed by atoms with Crippen LogP contribution in [0, 0.1) is 17.2 Å². The van der Waals surface area contributed by atoms with Gasteiger partial charge in [0.2, 0.25) is 5.91 Å². The summed E-state index contributed by atoms with van der Waals surface area (Å²) in [5.41, 5.74) is -1.27. The lowest BCUT2D eigenvalue weighted by Crippen LogP contribution is -2.73. The van der Waals surface area contributed by atoms with Crippen molar-refractivity contribution in [2.75, 3.05) is 7.11 Å². The molecule has 1 aliphatic heterocycles. The lowest BCUT2D eigenvalue weighted by atomic mass is 9.67. The lowest BCUT2D eigenvalue weighted by Gasteiger charge is -2.43. The van der Waals surface area contributed by atoms with Crippen LogP contribution in [0.4, 0.5) is 0 Å². The van der Waals surface area contributed by atoms with Gasteiger partial charge in [-0.2, -0.15) is 5.26 Å². The summed E-state index contributed by atoms with van der Waals surface area (Å²) in [6.07, 6.45) is 0. The first-order chi connectivity index (χ1) is 14.0. The molecule has 2 aromatic rings. The van der Waals surface area contributed by atoms with Gasteiger partial charge in [0, 0.05) is 5.56 Å². The number of amides is 1. The number of carbonyl (C=O) groups is 3. The number of benzene rings is 2. The molecule has 2 N–H and O–H groups in total. The van der Waals surface area contributed by atoms with Crippen LogP contribution in [-0.2, 0) is 14.3 Å². The summed E-state index contributed by atoms with van der Waals surface area (Å²) in [6.45, 7) is 0. The minimum absolute atomic E-state index is 0.159. The van der Waals surface area contributed by atoms with Crippen LogP contribution in [-0.4, -0.2) is 35.4 Å². The van der Waals surface area contributed by atoms with Crippen LogP contribution in [0.1, 0.15) is 21.8 Å². The lowest BCUT2D eigenvalue weighted by molar-refractivity contribution is -0.153. The third-order valence-electron chi connectivity index (χ3n) is 4.84. The van der Waals surface area contributed by atoms with Gasteiger partial charge in [-0.15, -0.1) is 0 Å². The van der Waals surface area contributed by atoms with Gasteiger partial charge in [0.05, 0.1) is 19.1 Å². The summed E-state index contributed by atoms with van der Waals surface area (Å²) in [4.78, 5) is 39.3. The summed E-state index contributed by atoms with van der Waals surface area (Å²) in [6, 6.07) is 18.7. The molecule has 0 radical (unpaired) electrons. The second-order valence-electron chi connectivity index (χ2n) is 6.44. The molecule has 1 fully saturated rings. The van der Waals surface area contributed by atoms with E-state index in [9.17, 15) is 19.6 Å². The number of ketones is 1. The number of hydrogen-bond donors (Lipinski definition) is 2. The largest absolute Gasteiger partial charge is 0.467 e. The average molecular weight is 407 g/mol. The summed E-state index contributed by atoms with van der Waals surface area (Å²) in [5, 5.41) is 14.7.